The Bertz CT molecular complexity index is 843. The predicted octanol–water partition coefficient (Wildman–Crippen LogP) is 2.49. The zero-order valence-electron chi connectivity index (χ0n) is 16.4. The lowest BCUT2D eigenvalue weighted by Crippen LogP contribution is -2.42. The number of aromatic nitrogens is 3. The molecule has 9 heteroatoms. The highest BCUT2D eigenvalue weighted by Gasteiger charge is 2.29. The number of carbonyl (C=O) groups is 2. The molecule has 1 aliphatic rings. The first kappa shape index (κ1) is 20.2. The lowest BCUT2D eigenvalue weighted by atomic mass is 10.1. The summed E-state index contributed by atoms with van der Waals surface area (Å²) in [6, 6.07) is 7.27. The molecule has 1 aliphatic heterocycles. The maximum Gasteiger partial charge on any atom is 0.318 e. The Morgan fingerprint density at radius 3 is 2.36 bits per heavy atom. The fourth-order valence-electron chi connectivity index (χ4n) is 3.18. The van der Waals surface area contributed by atoms with E-state index in [-0.39, 0.29) is 5.92 Å². The van der Waals surface area contributed by atoms with Crippen LogP contribution in [0.1, 0.15) is 32.3 Å². The van der Waals surface area contributed by atoms with Crippen molar-refractivity contribution in [1.82, 2.24) is 20.1 Å². The number of aryl methyl sites for hydroxylation is 1. The van der Waals surface area contributed by atoms with Gasteiger partial charge < -0.3 is 10.6 Å². The van der Waals surface area contributed by atoms with Gasteiger partial charge in [-0.2, -0.15) is 0 Å². The summed E-state index contributed by atoms with van der Waals surface area (Å²) in [4.78, 5) is 25.8. The zero-order chi connectivity index (χ0) is 20.3. The summed E-state index contributed by atoms with van der Waals surface area (Å²) in [5, 5.41) is 11.1. The Hall–Kier alpha value is -2.55. The second kappa shape index (κ2) is 8.64. The molecule has 2 heterocycles. The molecule has 1 fully saturated rings. The number of hydrogen-bond acceptors (Lipinski definition) is 6. The summed E-state index contributed by atoms with van der Waals surface area (Å²) < 4.78 is 1.99. The minimum atomic E-state index is -0.853. The van der Waals surface area contributed by atoms with Gasteiger partial charge in [0.2, 0.25) is 11.9 Å². The Labute approximate surface area is 168 Å². The number of nitrogens with two attached hydrogens (primary N) is 1. The van der Waals surface area contributed by atoms with E-state index in [0.29, 0.717) is 5.16 Å². The molecule has 1 unspecified atom stereocenters. The Balaban J connectivity index is 1.98. The predicted molar refractivity (Wildman–Crippen MR) is 110 cm³/mol. The van der Waals surface area contributed by atoms with Gasteiger partial charge in [0, 0.05) is 13.1 Å². The minimum Gasteiger partial charge on any atom is -0.351 e. The van der Waals surface area contributed by atoms with E-state index in [1.807, 2.05) is 49.6 Å². The van der Waals surface area contributed by atoms with E-state index in [1.54, 1.807) is 0 Å². The first-order valence-electron chi connectivity index (χ1n) is 9.41. The van der Waals surface area contributed by atoms with Gasteiger partial charge in [0.1, 0.15) is 0 Å². The molecule has 1 aromatic carbocycles. The van der Waals surface area contributed by atoms with Crippen molar-refractivity contribution < 1.29 is 9.59 Å². The largest absolute Gasteiger partial charge is 0.351 e. The second-order valence-electron chi connectivity index (χ2n) is 7.28. The van der Waals surface area contributed by atoms with Crippen molar-refractivity contribution in [3.63, 3.8) is 0 Å². The second-order valence-corrected chi connectivity index (χ2v) is 8.39. The van der Waals surface area contributed by atoms with Crippen molar-refractivity contribution in [2.24, 2.45) is 11.7 Å². The van der Waals surface area contributed by atoms with Gasteiger partial charge in [-0.05, 0) is 37.8 Å². The van der Waals surface area contributed by atoms with Gasteiger partial charge in [0.25, 0.3) is 0 Å². The molecule has 0 spiro atoms. The van der Waals surface area contributed by atoms with E-state index >= 15 is 0 Å². The number of anilines is 1. The van der Waals surface area contributed by atoms with Gasteiger partial charge in [-0.25, -0.2) is 4.79 Å². The van der Waals surface area contributed by atoms with Crippen LogP contribution in [0.4, 0.5) is 10.7 Å². The molecule has 8 nitrogen and oxygen atoms in total. The van der Waals surface area contributed by atoms with E-state index in [2.05, 4.69) is 20.4 Å². The highest BCUT2D eigenvalue weighted by atomic mass is 32.2. The molecule has 3 amide bonds. The summed E-state index contributed by atoms with van der Waals surface area (Å²) in [5.41, 5.74) is 7.23. The van der Waals surface area contributed by atoms with Crippen LogP contribution in [0.5, 0.6) is 0 Å². The standard InChI is InChI=1S/C19H26N6O2S/c1-12(2)15(16(26)21-17(20)27)28-19-23-22-18(24-10-4-5-11-24)25(19)14-8-6-13(3)7-9-14/h6-9,12,15H,4-5,10-11H2,1-3H3,(H3,20,21,26,27). The summed E-state index contributed by atoms with van der Waals surface area (Å²) >= 11 is 1.30. The molecule has 150 valence electrons. The molecule has 0 bridgehead atoms. The topological polar surface area (TPSA) is 106 Å². The summed E-state index contributed by atoms with van der Waals surface area (Å²) in [6.07, 6.45) is 2.25. The number of amides is 3. The quantitative estimate of drug-likeness (QED) is 0.719. The van der Waals surface area contributed by atoms with Crippen LogP contribution < -0.4 is 16.0 Å². The number of urea groups is 1. The fourth-order valence-corrected chi connectivity index (χ4v) is 4.22. The van der Waals surface area contributed by atoms with Crippen molar-refractivity contribution in [2.45, 2.75) is 44.0 Å². The van der Waals surface area contributed by atoms with Crippen LogP contribution in [0.25, 0.3) is 5.69 Å². The molecule has 3 N–H and O–H groups in total. The van der Waals surface area contributed by atoms with Gasteiger partial charge in [0.15, 0.2) is 5.16 Å². The number of nitrogens with zero attached hydrogens (tertiary/aromatic N) is 4. The lowest BCUT2D eigenvalue weighted by Gasteiger charge is -2.21. The monoisotopic (exact) mass is 402 g/mol. The first-order chi connectivity index (χ1) is 13.4. The number of primary amides is 1. The maximum absolute atomic E-state index is 12.5. The van der Waals surface area contributed by atoms with Gasteiger partial charge in [-0.1, -0.05) is 43.3 Å². The van der Waals surface area contributed by atoms with Gasteiger partial charge in [0.05, 0.1) is 10.9 Å². The van der Waals surface area contributed by atoms with E-state index in [9.17, 15) is 9.59 Å². The average Bonchev–Trinajstić information content (AvgIpc) is 3.28. The average molecular weight is 403 g/mol. The van der Waals surface area contributed by atoms with Gasteiger partial charge in [-0.3, -0.25) is 14.7 Å². The first-order valence-corrected chi connectivity index (χ1v) is 10.3. The Morgan fingerprint density at radius 1 is 1.14 bits per heavy atom. The number of hydrogen-bond donors (Lipinski definition) is 2. The summed E-state index contributed by atoms with van der Waals surface area (Å²) in [5.74, 6) is 0.332. The third-order valence-corrected chi connectivity index (χ3v) is 6.13. The number of imide groups is 1. The molecule has 0 radical (unpaired) electrons. The third kappa shape index (κ3) is 4.46. The molecule has 28 heavy (non-hydrogen) atoms. The zero-order valence-corrected chi connectivity index (χ0v) is 17.2. The SMILES string of the molecule is Cc1ccc(-n2c(SC(C(=O)NC(N)=O)C(C)C)nnc2N2CCCC2)cc1. The molecule has 0 aliphatic carbocycles. The van der Waals surface area contributed by atoms with Crippen LogP contribution in [-0.4, -0.2) is 45.0 Å². The minimum absolute atomic E-state index is 0.0252. The summed E-state index contributed by atoms with van der Waals surface area (Å²) in [7, 11) is 0. The number of benzene rings is 1. The molecule has 0 saturated carbocycles. The van der Waals surface area contributed by atoms with Crippen LogP contribution in [0.2, 0.25) is 0 Å². The molecule has 3 rings (SSSR count). The summed E-state index contributed by atoms with van der Waals surface area (Å²) in [6.45, 7) is 7.75. The van der Waals surface area contributed by atoms with Crippen molar-refractivity contribution in [3.05, 3.63) is 29.8 Å². The smallest absolute Gasteiger partial charge is 0.318 e. The number of rotatable bonds is 6. The highest BCUT2D eigenvalue weighted by molar-refractivity contribution is 8.00. The number of thioether (sulfide) groups is 1. The molecular formula is C19H26N6O2S. The van der Waals surface area contributed by atoms with Crippen LogP contribution in [0.15, 0.2) is 29.4 Å². The van der Waals surface area contributed by atoms with Crippen LogP contribution >= 0.6 is 11.8 Å². The highest BCUT2D eigenvalue weighted by Crippen LogP contribution is 2.33. The number of nitrogens with one attached hydrogen (secondary N) is 1. The maximum atomic E-state index is 12.5. The lowest BCUT2D eigenvalue weighted by molar-refractivity contribution is -0.120. The molecule has 1 atom stereocenters. The van der Waals surface area contributed by atoms with Crippen molar-refractivity contribution in [1.29, 1.82) is 0 Å². The van der Waals surface area contributed by atoms with Crippen LogP contribution in [0, 0.1) is 12.8 Å². The van der Waals surface area contributed by atoms with E-state index in [0.717, 1.165) is 43.1 Å². The third-order valence-electron chi connectivity index (χ3n) is 4.64. The van der Waals surface area contributed by atoms with E-state index in [4.69, 9.17) is 5.73 Å². The number of carbonyl (C=O) groups excluding carboxylic acids is 2. The van der Waals surface area contributed by atoms with Crippen molar-refractivity contribution >= 4 is 29.6 Å². The fraction of sp³-hybridized carbons (Fsp3) is 0.474. The van der Waals surface area contributed by atoms with Gasteiger partial charge in [-0.15, -0.1) is 10.2 Å². The molecule has 1 aromatic heterocycles. The van der Waals surface area contributed by atoms with E-state index < -0.39 is 17.2 Å². The van der Waals surface area contributed by atoms with Crippen LogP contribution in [0.3, 0.4) is 0 Å². The van der Waals surface area contributed by atoms with Crippen molar-refractivity contribution in [3.8, 4) is 5.69 Å². The molecule has 2 aromatic rings. The molecule has 1 saturated heterocycles. The van der Waals surface area contributed by atoms with E-state index in [1.165, 1.54) is 11.8 Å². The van der Waals surface area contributed by atoms with Gasteiger partial charge >= 0.3 is 6.03 Å². The van der Waals surface area contributed by atoms with Crippen molar-refractivity contribution in [2.75, 3.05) is 18.0 Å². The molecular weight excluding hydrogens is 376 g/mol. The van der Waals surface area contributed by atoms with Crippen LogP contribution in [-0.2, 0) is 4.79 Å². The Morgan fingerprint density at radius 2 is 1.79 bits per heavy atom. The normalized spacial score (nSPS) is 15.1. The Kier molecular flexibility index (Phi) is 6.23.